The van der Waals surface area contributed by atoms with Crippen LogP contribution in [0.4, 0.5) is 0 Å². The van der Waals surface area contributed by atoms with E-state index in [1.807, 2.05) is 31.3 Å². The van der Waals surface area contributed by atoms with Gasteiger partial charge >= 0.3 is 5.97 Å². The van der Waals surface area contributed by atoms with Crippen molar-refractivity contribution in [2.75, 3.05) is 20.1 Å². The van der Waals surface area contributed by atoms with Crippen LogP contribution in [0.2, 0.25) is 0 Å². The first-order valence-corrected chi connectivity index (χ1v) is 6.48. The number of aliphatic imine (C=N–C) groups is 1. The molecule has 0 aliphatic carbocycles. The van der Waals surface area contributed by atoms with Crippen molar-refractivity contribution >= 4 is 11.8 Å². The van der Waals surface area contributed by atoms with E-state index in [0.29, 0.717) is 6.42 Å². The van der Waals surface area contributed by atoms with Crippen LogP contribution in [-0.4, -0.2) is 41.9 Å². The third-order valence-electron chi connectivity index (χ3n) is 3.50. The van der Waals surface area contributed by atoms with Crippen LogP contribution in [0, 0.1) is 5.41 Å². The molecular weight excluding hydrogens is 240 g/mol. The summed E-state index contributed by atoms with van der Waals surface area (Å²) >= 11 is 0. The minimum atomic E-state index is -0.767. The lowest BCUT2D eigenvalue weighted by atomic mass is 9.86. The first kappa shape index (κ1) is 13.6. The van der Waals surface area contributed by atoms with Gasteiger partial charge in [-0.1, -0.05) is 24.3 Å². The largest absolute Gasteiger partial charge is 0.481 e. The highest BCUT2D eigenvalue weighted by Crippen LogP contribution is 2.22. The van der Waals surface area contributed by atoms with Crippen LogP contribution in [0.15, 0.2) is 29.3 Å². The molecule has 0 atom stereocenters. The van der Waals surface area contributed by atoms with E-state index in [1.54, 1.807) is 13.8 Å². The highest BCUT2D eigenvalue weighted by molar-refractivity contribution is 5.99. The average molecular weight is 260 g/mol. The predicted molar refractivity (Wildman–Crippen MR) is 75.6 cm³/mol. The molecule has 0 spiro atoms. The van der Waals surface area contributed by atoms with Gasteiger partial charge < -0.3 is 10.0 Å². The Morgan fingerprint density at radius 1 is 1.37 bits per heavy atom. The molecular formula is C15H20N2O2. The quantitative estimate of drug-likeness (QED) is 0.901. The van der Waals surface area contributed by atoms with Crippen LogP contribution >= 0.6 is 0 Å². The Bertz CT molecular complexity index is 503. The SMILES string of the molecule is CN1CCN=C1c1ccc(CC(C)(C)C(=O)O)cc1. The molecule has 0 unspecified atom stereocenters. The summed E-state index contributed by atoms with van der Waals surface area (Å²) in [5.74, 6) is 0.250. The molecule has 4 nitrogen and oxygen atoms in total. The van der Waals surface area contributed by atoms with Gasteiger partial charge in [0.15, 0.2) is 0 Å². The van der Waals surface area contributed by atoms with Crippen molar-refractivity contribution in [3.8, 4) is 0 Å². The summed E-state index contributed by atoms with van der Waals surface area (Å²) in [5, 5.41) is 9.14. The number of rotatable bonds is 4. The second-order valence-corrected chi connectivity index (χ2v) is 5.69. The molecule has 19 heavy (non-hydrogen) atoms. The molecule has 1 aromatic rings. The van der Waals surface area contributed by atoms with Gasteiger partial charge in [0.25, 0.3) is 0 Å². The van der Waals surface area contributed by atoms with Crippen LogP contribution in [0.1, 0.15) is 25.0 Å². The van der Waals surface area contributed by atoms with Gasteiger partial charge in [-0.25, -0.2) is 0 Å². The number of carboxylic acid groups (broad SMARTS) is 1. The molecule has 1 aromatic carbocycles. The summed E-state index contributed by atoms with van der Waals surface area (Å²) in [4.78, 5) is 17.7. The second-order valence-electron chi connectivity index (χ2n) is 5.69. The molecule has 1 N–H and O–H groups in total. The minimum Gasteiger partial charge on any atom is -0.481 e. The lowest BCUT2D eigenvalue weighted by molar-refractivity contribution is -0.146. The molecule has 2 rings (SSSR count). The van der Waals surface area contributed by atoms with Gasteiger partial charge in [-0.2, -0.15) is 0 Å². The summed E-state index contributed by atoms with van der Waals surface area (Å²) in [6.07, 6.45) is 0.533. The van der Waals surface area contributed by atoms with Gasteiger partial charge in [-0.05, 0) is 25.8 Å². The Kier molecular flexibility index (Phi) is 3.60. The summed E-state index contributed by atoms with van der Waals surface area (Å²) in [5.41, 5.74) is 1.40. The van der Waals surface area contributed by atoms with E-state index in [2.05, 4.69) is 9.89 Å². The number of hydrogen-bond acceptors (Lipinski definition) is 3. The minimum absolute atomic E-state index is 0.533. The molecule has 0 fully saturated rings. The number of likely N-dealkylation sites (N-methyl/N-ethyl adjacent to an activating group) is 1. The van der Waals surface area contributed by atoms with Gasteiger partial charge in [-0.3, -0.25) is 9.79 Å². The lowest BCUT2D eigenvalue weighted by Gasteiger charge is -2.19. The summed E-state index contributed by atoms with van der Waals surface area (Å²) in [6.45, 7) is 5.30. The van der Waals surface area contributed by atoms with Crippen LogP contribution in [0.25, 0.3) is 0 Å². The van der Waals surface area contributed by atoms with Crippen LogP contribution < -0.4 is 0 Å². The highest BCUT2D eigenvalue weighted by Gasteiger charge is 2.27. The number of nitrogens with zero attached hydrogens (tertiary/aromatic N) is 2. The fourth-order valence-electron chi connectivity index (χ4n) is 2.20. The molecule has 4 heteroatoms. The smallest absolute Gasteiger partial charge is 0.309 e. The Hall–Kier alpha value is -1.84. The van der Waals surface area contributed by atoms with Crippen molar-refractivity contribution in [3.05, 3.63) is 35.4 Å². The normalized spacial score (nSPS) is 15.5. The van der Waals surface area contributed by atoms with Crippen LogP contribution in [0.3, 0.4) is 0 Å². The molecule has 0 radical (unpaired) electrons. The molecule has 0 amide bonds. The molecule has 0 saturated heterocycles. The van der Waals surface area contributed by atoms with E-state index in [9.17, 15) is 4.79 Å². The van der Waals surface area contributed by atoms with E-state index in [-0.39, 0.29) is 0 Å². The van der Waals surface area contributed by atoms with Crippen molar-refractivity contribution in [2.45, 2.75) is 20.3 Å². The van der Waals surface area contributed by atoms with Crippen LogP contribution in [0.5, 0.6) is 0 Å². The maximum atomic E-state index is 11.1. The third kappa shape index (κ3) is 2.95. The summed E-state index contributed by atoms with van der Waals surface area (Å²) in [6, 6.07) is 8.03. The topological polar surface area (TPSA) is 52.9 Å². The Morgan fingerprint density at radius 3 is 2.47 bits per heavy atom. The number of aliphatic carboxylic acids is 1. The average Bonchev–Trinajstić information content (AvgIpc) is 2.76. The van der Waals surface area contributed by atoms with Gasteiger partial charge in [0.05, 0.1) is 12.0 Å². The number of benzene rings is 1. The highest BCUT2D eigenvalue weighted by atomic mass is 16.4. The number of carbonyl (C=O) groups is 1. The van der Waals surface area contributed by atoms with E-state index in [4.69, 9.17) is 5.11 Å². The van der Waals surface area contributed by atoms with Crippen molar-refractivity contribution < 1.29 is 9.90 Å². The van der Waals surface area contributed by atoms with E-state index < -0.39 is 11.4 Å². The molecule has 102 valence electrons. The molecule has 1 aliphatic heterocycles. The van der Waals surface area contributed by atoms with Crippen LogP contribution in [-0.2, 0) is 11.2 Å². The number of hydrogen-bond donors (Lipinski definition) is 1. The molecule has 0 bridgehead atoms. The van der Waals surface area contributed by atoms with Gasteiger partial charge in [0.1, 0.15) is 5.84 Å². The van der Waals surface area contributed by atoms with Crippen molar-refractivity contribution in [3.63, 3.8) is 0 Å². The predicted octanol–water partition coefficient (Wildman–Crippen LogP) is 2.03. The molecule has 0 saturated carbocycles. The molecule has 0 aromatic heterocycles. The maximum Gasteiger partial charge on any atom is 0.309 e. The zero-order chi connectivity index (χ0) is 14.0. The zero-order valence-electron chi connectivity index (χ0n) is 11.7. The van der Waals surface area contributed by atoms with E-state index >= 15 is 0 Å². The van der Waals surface area contributed by atoms with Crippen molar-refractivity contribution in [1.29, 1.82) is 0 Å². The van der Waals surface area contributed by atoms with Crippen molar-refractivity contribution in [2.24, 2.45) is 10.4 Å². The van der Waals surface area contributed by atoms with E-state index in [1.165, 1.54) is 0 Å². The third-order valence-corrected chi connectivity index (χ3v) is 3.50. The number of carboxylic acids is 1. The monoisotopic (exact) mass is 260 g/mol. The maximum absolute atomic E-state index is 11.1. The fraction of sp³-hybridized carbons (Fsp3) is 0.467. The number of amidine groups is 1. The Labute approximate surface area is 113 Å². The van der Waals surface area contributed by atoms with Gasteiger partial charge in [-0.15, -0.1) is 0 Å². The Morgan fingerprint density at radius 2 is 2.00 bits per heavy atom. The Balaban J connectivity index is 2.13. The lowest BCUT2D eigenvalue weighted by Crippen LogP contribution is -2.26. The standard InChI is InChI=1S/C15H20N2O2/c1-15(2,14(18)19)10-11-4-6-12(7-5-11)13-16-8-9-17(13)3/h4-7H,8-10H2,1-3H3,(H,18,19). The molecule has 1 heterocycles. The van der Waals surface area contributed by atoms with Gasteiger partial charge in [0, 0.05) is 19.2 Å². The van der Waals surface area contributed by atoms with Gasteiger partial charge in [0.2, 0.25) is 0 Å². The summed E-state index contributed by atoms with van der Waals surface area (Å²) in [7, 11) is 2.04. The second kappa shape index (κ2) is 5.03. The van der Waals surface area contributed by atoms with Crippen molar-refractivity contribution in [1.82, 2.24) is 4.90 Å². The van der Waals surface area contributed by atoms with E-state index in [0.717, 1.165) is 30.1 Å². The summed E-state index contributed by atoms with van der Waals surface area (Å²) < 4.78 is 0. The first-order chi connectivity index (χ1) is 8.90. The fourth-order valence-corrected chi connectivity index (χ4v) is 2.20. The zero-order valence-corrected chi connectivity index (χ0v) is 11.7. The first-order valence-electron chi connectivity index (χ1n) is 6.48. The molecule has 1 aliphatic rings.